The summed E-state index contributed by atoms with van der Waals surface area (Å²) in [6.45, 7) is 1.88. The number of para-hydroxylation sites is 1. The third-order valence-corrected chi connectivity index (χ3v) is 3.13. The van der Waals surface area contributed by atoms with Crippen LogP contribution in [0.3, 0.4) is 0 Å². The lowest BCUT2D eigenvalue weighted by molar-refractivity contribution is 0.0935. The van der Waals surface area contributed by atoms with Crippen LogP contribution in [0.4, 0.5) is 0 Å². The predicted octanol–water partition coefficient (Wildman–Crippen LogP) is 2.59. The summed E-state index contributed by atoms with van der Waals surface area (Å²) in [5.74, 6) is 0.713. The number of nitrogens with zero attached hydrogens (tertiary/aromatic N) is 1. The van der Waals surface area contributed by atoms with E-state index in [0.717, 1.165) is 5.69 Å². The first-order valence-corrected chi connectivity index (χ1v) is 6.60. The summed E-state index contributed by atoms with van der Waals surface area (Å²) in [7, 11) is 3.05. The van der Waals surface area contributed by atoms with Crippen LogP contribution in [0.15, 0.2) is 42.6 Å². The fourth-order valence-electron chi connectivity index (χ4n) is 2.05. The molecule has 1 amide bonds. The molecule has 1 heterocycles. The Hall–Kier alpha value is -2.56. The summed E-state index contributed by atoms with van der Waals surface area (Å²) >= 11 is 0. The number of amides is 1. The van der Waals surface area contributed by atoms with Gasteiger partial charge in [0.05, 0.1) is 31.5 Å². The molecule has 0 radical (unpaired) electrons. The molecule has 0 aliphatic rings. The van der Waals surface area contributed by atoms with Crippen molar-refractivity contribution in [1.82, 2.24) is 10.3 Å². The van der Waals surface area contributed by atoms with Crippen LogP contribution in [0.25, 0.3) is 0 Å². The van der Waals surface area contributed by atoms with E-state index in [2.05, 4.69) is 10.3 Å². The number of carbonyl (C=O) groups is 1. The van der Waals surface area contributed by atoms with Crippen molar-refractivity contribution in [2.45, 2.75) is 13.0 Å². The van der Waals surface area contributed by atoms with Crippen molar-refractivity contribution in [1.29, 1.82) is 0 Å². The first-order valence-electron chi connectivity index (χ1n) is 6.60. The molecule has 1 aromatic heterocycles. The normalized spacial score (nSPS) is 11.6. The lowest BCUT2D eigenvalue weighted by Crippen LogP contribution is -2.27. The molecule has 5 nitrogen and oxygen atoms in total. The van der Waals surface area contributed by atoms with Crippen molar-refractivity contribution < 1.29 is 14.3 Å². The SMILES string of the molecule is COc1cccc(C(=O)NC(C)c2ccccn2)c1OC. The number of hydrogen-bond acceptors (Lipinski definition) is 4. The Morgan fingerprint density at radius 2 is 1.95 bits per heavy atom. The number of ether oxygens (including phenoxy) is 2. The van der Waals surface area contributed by atoms with Gasteiger partial charge in [0.2, 0.25) is 0 Å². The summed E-state index contributed by atoms with van der Waals surface area (Å²) < 4.78 is 10.5. The maximum atomic E-state index is 12.4. The van der Waals surface area contributed by atoms with Gasteiger partial charge in [0.25, 0.3) is 5.91 Å². The maximum absolute atomic E-state index is 12.4. The molecule has 0 aliphatic heterocycles. The lowest BCUT2D eigenvalue weighted by atomic mass is 10.1. The molecule has 110 valence electrons. The number of rotatable bonds is 5. The van der Waals surface area contributed by atoms with Crippen molar-refractivity contribution in [3.05, 3.63) is 53.9 Å². The van der Waals surface area contributed by atoms with E-state index in [-0.39, 0.29) is 11.9 Å². The second kappa shape index (κ2) is 6.74. The Labute approximate surface area is 123 Å². The topological polar surface area (TPSA) is 60.5 Å². The molecular formula is C16H18N2O3. The van der Waals surface area contributed by atoms with E-state index in [1.165, 1.54) is 14.2 Å². The fraction of sp³-hybridized carbons (Fsp3) is 0.250. The van der Waals surface area contributed by atoms with Gasteiger partial charge in [-0.1, -0.05) is 12.1 Å². The zero-order valence-corrected chi connectivity index (χ0v) is 12.3. The average Bonchev–Trinajstić information content (AvgIpc) is 2.54. The first kappa shape index (κ1) is 14.8. The monoisotopic (exact) mass is 286 g/mol. The number of methoxy groups -OCH3 is 2. The van der Waals surface area contributed by atoms with Gasteiger partial charge in [-0.15, -0.1) is 0 Å². The number of hydrogen-bond donors (Lipinski definition) is 1. The smallest absolute Gasteiger partial charge is 0.255 e. The van der Waals surface area contributed by atoms with Crippen LogP contribution in [-0.4, -0.2) is 25.1 Å². The average molecular weight is 286 g/mol. The molecule has 0 bridgehead atoms. The molecule has 5 heteroatoms. The van der Waals surface area contributed by atoms with Crippen molar-refractivity contribution in [2.24, 2.45) is 0 Å². The molecule has 1 N–H and O–H groups in total. The van der Waals surface area contributed by atoms with E-state index >= 15 is 0 Å². The number of carbonyl (C=O) groups excluding carboxylic acids is 1. The van der Waals surface area contributed by atoms with Crippen LogP contribution in [0.1, 0.15) is 29.0 Å². The van der Waals surface area contributed by atoms with Gasteiger partial charge in [-0.2, -0.15) is 0 Å². The van der Waals surface area contributed by atoms with E-state index in [1.54, 1.807) is 24.4 Å². The second-order valence-electron chi connectivity index (χ2n) is 4.49. The fourth-order valence-corrected chi connectivity index (χ4v) is 2.05. The molecule has 0 aliphatic carbocycles. The zero-order chi connectivity index (χ0) is 15.2. The summed E-state index contributed by atoms with van der Waals surface area (Å²) in [5.41, 5.74) is 1.23. The molecular weight excluding hydrogens is 268 g/mol. The van der Waals surface area contributed by atoms with E-state index in [4.69, 9.17) is 9.47 Å². The highest BCUT2D eigenvalue weighted by Crippen LogP contribution is 2.30. The largest absolute Gasteiger partial charge is 0.493 e. The third kappa shape index (κ3) is 3.31. The summed E-state index contributed by atoms with van der Waals surface area (Å²) in [5, 5.41) is 2.90. The van der Waals surface area contributed by atoms with E-state index < -0.39 is 0 Å². The van der Waals surface area contributed by atoms with Gasteiger partial charge in [-0.25, -0.2) is 0 Å². The summed E-state index contributed by atoms with van der Waals surface area (Å²) in [4.78, 5) is 16.6. The van der Waals surface area contributed by atoms with E-state index in [0.29, 0.717) is 17.1 Å². The van der Waals surface area contributed by atoms with Crippen LogP contribution in [0, 0.1) is 0 Å². The van der Waals surface area contributed by atoms with Gasteiger partial charge >= 0.3 is 0 Å². The Morgan fingerprint density at radius 3 is 2.57 bits per heavy atom. The number of nitrogens with one attached hydrogen (secondary N) is 1. The van der Waals surface area contributed by atoms with Crippen LogP contribution in [0.5, 0.6) is 11.5 Å². The molecule has 0 fully saturated rings. The lowest BCUT2D eigenvalue weighted by Gasteiger charge is -2.16. The van der Waals surface area contributed by atoms with Gasteiger partial charge in [0, 0.05) is 6.20 Å². The van der Waals surface area contributed by atoms with Crippen LogP contribution in [0.2, 0.25) is 0 Å². The summed E-state index contributed by atoms with van der Waals surface area (Å²) in [6.07, 6.45) is 1.70. The summed E-state index contributed by atoms with van der Waals surface area (Å²) in [6, 6.07) is 10.6. The molecule has 1 atom stereocenters. The molecule has 1 aromatic carbocycles. The Balaban J connectivity index is 2.21. The zero-order valence-electron chi connectivity index (χ0n) is 12.3. The highest BCUT2D eigenvalue weighted by molar-refractivity contribution is 5.98. The Kier molecular flexibility index (Phi) is 4.77. The first-order chi connectivity index (χ1) is 10.2. The Morgan fingerprint density at radius 1 is 1.14 bits per heavy atom. The van der Waals surface area contributed by atoms with Gasteiger partial charge < -0.3 is 14.8 Å². The number of pyridine rings is 1. The molecule has 2 aromatic rings. The van der Waals surface area contributed by atoms with Crippen molar-refractivity contribution in [3.63, 3.8) is 0 Å². The highest BCUT2D eigenvalue weighted by atomic mass is 16.5. The minimum Gasteiger partial charge on any atom is -0.493 e. The molecule has 0 spiro atoms. The molecule has 0 saturated heterocycles. The molecule has 0 saturated carbocycles. The maximum Gasteiger partial charge on any atom is 0.255 e. The minimum atomic E-state index is -0.232. The predicted molar refractivity (Wildman–Crippen MR) is 79.7 cm³/mol. The van der Waals surface area contributed by atoms with Crippen LogP contribution >= 0.6 is 0 Å². The van der Waals surface area contributed by atoms with Gasteiger partial charge in [0.1, 0.15) is 0 Å². The van der Waals surface area contributed by atoms with Crippen LogP contribution < -0.4 is 14.8 Å². The molecule has 2 rings (SSSR count). The van der Waals surface area contributed by atoms with Gasteiger partial charge in [-0.05, 0) is 31.2 Å². The number of aromatic nitrogens is 1. The Bertz CT molecular complexity index is 614. The van der Waals surface area contributed by atoms with Crippen molar-refractivity contribution in [2.75, 3.05) is 14.2 Å². The van der Waals surface area contributed by atoms with Crippen molar-refractivity contribution in [3.8, 4) is 11.5 Å². The third-order valence-electron chi connectivity index (χ3n) is 3.13. The quantitative estimate of drug-likeness (QED) is 0.917. The van der Waals surface area contributed by atoms with Crippen molar-refractivity contribution >= 4 is 5.91 Å². The van der Waals surface area contributed by atoms with E-state index in [1.807, 2.05) is 25.1 Å². The van der Waals surface area contributed by atoms with Gasteiger partial charge in [0.15, 0.2) is 11.5 Å². The van der Waals surface area contributed by atoms with Crippen LogP contribution in [-0.2, 0) is 0 Å². The second-order valence-corrected chi connectivity index (χ2v) is 4.49. The number of benzene rings is 1. The van der Waals surface area contributed by atoms with E-state index in [9.17, 15) is 4.79 Å². The standard InChI is InChI=1S/C16H18N2O3/c1-11(13-8-4-5-10-17-13)18-16(19)12-7-6-9-14(20-2)15(12)21-3/h4-11H,1-3H3,(H,18,19). The molecule has 21 heavy (non-hydrogen) atoms. The van der Waals surface area contributed by atoms with Gasteiger partial charge in [-0.3, -0.25) is 9.78 Å². The minimum absolute atomic E-state index is 0.199. The molecule has 1 unspecified atom stereocenters. The highest BCUT2D eigenvalue weighted by Gasteiger charge is 2.18.